The lowest BCUT2D eigenvalue weighted by atomic mass is 9.83. The molecule has 1 aromatic carbocycles. The van der Waals surface area contributed by atoms with Gasteiger partial charge in [0.15, 0.2) is 6.17 Å². The van der Waals surface area contributed by atoms with Crippen molar-refractivity contribution in [1.29, 1.82) is 0 Å². The van der Waals surface area contributed by atoms with Gasteiger partial charge in [-0.1, -0.05) is 19.8 Å². The average molecular weight is 337 g/mol. The lowest BCUT2D eigenvalue weighted by Gasteiger charge is -2.32. The highest BCUT2D eigenvalue weighted by Gasteiger charge is 2.43. The Bertz CT molecular complexity index is 616. The van der Waals surface area contributed by atoms with Crippen molar-refractivity contribution < 1.29 is 13.5 Å². The Morgan fingerprint density at radius 1 is 1.38 bits per heavy atom. The number of nitrogens with two attached hydrogens (primary N) is 1. The molecule has 2 atom stereocenters. The summed E-state index contributed by atoms with van der Waals surface area (Å²) in [5.41, 5.74) is 5.54. The topological polar surface area (TPSA) is 59.6 Å². The van der Waals surface area contributed by atoms with Gasteiger partial charge in [0.1, 0.15) is 23.8 Å². The van der Waals surface area contributed by atoms with Crippen LogP contribution < -0.4 is 11.1 Å². The zero-order valence-corrected chi connectivity index (χ0v) is 14.0. The molecule has 0 bridgehead atoms. The standard InChI is InChI=1S/C18H25F2N3O/c1-2-18(16(20)10-24-11-17(21)23-18)14-9-13(7-8-15(14)19)22-12-5-3-4-6-12/h7-9,12,16,22H,2-6,10-11H2,1H3,(H2,21,23). The normalized spacial score (nSPS) is 28.5. The van der Waals surface area contributed by atoms with Crippen LogP contribution in [0.2, 0.25) is 0 Å². The Labute approximate surface area is 141 Å². The van der Waals surface area contributed by atoms with Crippen LogP contribution in [0.3, 0.4) is 0 Å². The van der Waals surface area contributed by atoms with Crippen LogP contribution in [0.4, 0.5) is 14.5 Å². The van der Waals surface area contributed by atoms with Crippen molar-refractivity contribution in [3.8, 4) is 0 Å². The minimum absolute atomic E-state index is 0.0732. The van der Waals surface area contributed by atoms with Crippen molar-refractivity contribution in [2.24, 2.45) is 10.7 Å². The highest BCUT2D eigenvalue weighted by molar-refractivity contribution is 5.82. The van der Waals surface area contributed by atoms with Gasteiger partial charge in [-0.25, -0.2) is 8.78 Å². The van der Waals surface area contributed by atoms with E-state index in [1.807, 2.05) is 0 Å². The third kappa shape index (κ3) is 3.24. The fraction of sp³-hybridized carbons (Fsp3) is 0.611. The van der Waals surface area contributed by atoms with E-state index in [0.717, 1.165) is 18.5 Å². The molecule has 2 unspecified atom stereocenters. The van der Waals surface area contributed by atoms with E-state index in [4.69, 9.17) is 10.5 Å². The molecule has 6 heteroatoms. The fourth-order valence-corrected chi connectivity index (χ4v) is 3.74. The maximum absolute atomic E-state index is 14.9. The SMILES string of the molecule is CCC1(c2cc(NC3CCCC3)ccc2F)N=C(N)COCC1F. The fourth-order valence-electron chi connectivity index (χ4n) is 3.74. The van der Waals surface area contributed by atoms with E-state index in [9.17, 15) is 8.78 Å². The number of hydrogen-bond acceptors (Lipinski definition) is 4. The summed E-state index contributed by atoms with van der Waals surface area (Å²) in [5, 5.41) is 3.43. The molecule has 0 spiro atoms. The van der Waals surface area contributed by atoms with Gasteiger partial charge in [0.05, 0.1) is 6.61 Å². The molecule has 3 rings (SSSR count). The van der Waals surface area contributed by atoms with Gasteiger partial charge in [-0.2, -0.15) is 0 Å². The van der Waals surface area contributed by atoms with E-state index in [1.165, 1.54) is 18.9 Å². The predicted molar refractivity (Wildman–Crippen MR) is 91.6 cm³/mol. The summed E-state index contributed by atoms with van der Waals surface area (Å²) in [6.45, 7) is 1.73. The molecule has 2 aliphatic rings. The largest absolute Gasteiger partial charge is 0.386 e. The Balaban J connectivity index is 1.99. The Hall–Kier alpha value is -1.69. The molecule has 4 nitrogen and oxygen atoms in total. The predicted octanol–water partition coefficient (Wildman–Crippen LogP) is 3.51. The van der Waals surface area contributed by atoms with Crippen molar-refractivity contribution in [2.75, 3.05) is 18.5 Å². The highest BCUT2D eigenvalue weighted by Crippen LogP contribution is 2.39. The molecule has 132 valence electrons. The molecular weight excluding hydrogens is 312 g/mol. The number of hydrogen-bond donors (Lipinski definition) is 2. The van der Waals surface area contributed by atoms with Crippen LogP contribution in [0.5, 0.6) is 0 Å². The van der Waals surface area contributed by atoms with Crippen molar-refractivity contribution in [3.63, 3.8) is 0 Å². The monoisotopic (exact) mass is 337 g/mol. The van der Waals surface area contributed by atoms with Gasteiger partial charge in [-0.05, 0) is 37.5 Å². The van der Waals surface area contributed by atoms with Crippen LogP contribution in [0.1, 0.15) is 44.6 Å². The molecule has 24 heavy (non-hydrogen) atoms. The molecule has 0 radical (unpaired) electrons. The Kier molecular flexibility index (Phi) is 5.04. The molecule has 1 aliphatic carbocycles. The van der Waals surface area contributed by atoms with E-state index < -0.39 is 17.5 Å². The second-order valence-corrected chi connectivity index (χ2v) is 6.68. The number of alkyl halides is 1. The number of amidine groups is 1. The molecule has 1 aromatic rings. The summed E-state index contributed by atoms with van der Waals surface area (Å²) in [4.78, 5) is 4.34. The first kappa shape index (κ1) is 17.1. The molecule has 0 amide bonds. The van der Waals surface area contributed by atoms with Gasteiger partial charge in [-0.15, -0.1) is 0 Å². The van der Waals surface area contributed by atoms with Crippen LogP contribution in [0, 0.1) is 5.82 Å². The van der Waals surface area contributed by atoms with Gasteiger partial charge < -0.3 is 15.8 Å². The van der Waals surface area contributed by atoms with Crippen molar-refractivity contribution in [3.05, 3.63) is 29.6 Å². The molecule has 1 saturated carbocycles. The summed E-state index contributed by atoms with van der Waals surface area (Å²) in [6, 6.07) is 5.17. The minimum atomic E-state index is -1.44. The third-order valence-electron chi connectivity index (χ3n) is 5.07. The molecule has 0 aromatic heterocycles. The third-order valence-corrected chi connectivity index (χ3v) is 5.07. The number of aliphatic imine (C=N–C) groups is 1. The van der Waals surface area contributed by atoms with Crippen LogP contribution in [-0.2, 0) is 10.3 Å². The number of benzene rings is 1. The average Bonchev–Trinajstić information content (AvgIpc) is 3.02. The number of nitrogens with one attached hydrogen (secondary N) is 1. The molecule has 1 heterocycles. The van der Waals surface area contributed by atoms with Gasteiger partial charge >= 0.3 is 0 Å². The van der Waals surface area contributed by atoms with E-state index >= 15 is 0 Å². The Morgan fingerprint density at radius 3 is 2.83 bits per heavy atom. The molecular formula is C18H25F2N3O. The van der Waals surface area contributed by atoms with Gasteiger partial charge in [-0.3, -0.25) is 4.99 Å². The number of rotatable bonds is 4. The van der Waals surface area contributed by atoms with Crippen LogP contribution >= 0.6 is 0 Å². The van der Waals surface area contributed by atoms with Crippen LogP contribution in [0.15, 0.2) is 23.2 Å². The number of ether oxygens (including phenoxy) is 1. The first-order chi connectivity index (χ1) is 11.5. The van der Waals surface area contributed by atoms with E-state index in [2.05, 4.69) is 10.3 Å². The van der Waals surface area contributed by atoms with E-state index in [0.29, 0.717) is 12.5 Å². The smallest absolute Gasteiger partial charge is 0.153 e. The lowest BCUT2D eigenvalue weighted by Crippen LogP contribution is -2.38. The van der Waals surface area contributed by atoms with E-state index in [-0.39, 0.29) is 24.6 Å². The van der Waals surface area contributed by atoms with Crippen LogP contribution in [0.25, 0.3) is 0 Å². The molecule has 3 N–H and O–H groups in total. The molecule has 1 aliphatic heterocycles. The van der Waals surface area contributed by atoms with E-state index in [1.54, 1.807) is 19.1 Å². The maximum Gasteiger partial charge on any atom is 0.153 e. The zero-order valence-electron chi connectivity index (χ0n) is 14.0. The van der Waals surface area contributed by atoms with Gasteiger partial charge in [0.25, 0.3) is 0 Å². The quantitative estimate of drug-likeness (QED) is 0.884. The number of anilines is 1. The maximum atomic E-state index is 14.9. The summed E-state index contributed by atoms with van der Waals surface area (Å²) in [6.07, 6.45) is 3.49. The van der Waals surface area contributed by atoms with Crippen molar-refractivity contribution in [2.45, 2.75) is 56.8 Å². The summed E-state index contributed by atoms with van der Waals surface area (Å²) >= 11 is 0. The Morgan fingerprint density at radius 2 is 2.12 bits per heavy atom. The highest BCUT2D eigenvalue weighted by atomic mass is 19.1. The van der Waals surface area contributed by atoms with Gasteiger partial charge in [0.2, 0.25) is 0 Å². The second-order valence-electron chi connectivity index (χ2n) is 6.68. The summed E-state index contributed by atoms with van der Waals surface area (Å²) < 4.78 is 34.7. The number of nitrogens with zero attached hydrogens (tertiary/aromatic N) is 1. The summed E-state index contributed by atoms with van der Waals surface area (Å²) in [7, 11) is 0. The minimum Gasteiger partial charge on any atom is -0.386 e. The lowest BCUT2D eigenvalue weighted by molar-refractivity contribution is 0.0679. The van der Waals surface area contributed by atoms with Crippen molar-refractivity contribution >= 4 is 11.5 Å². The first-order valence-electron chi connectivity index (χ1n) is 8.67. The molecule has 0 saturated heterocycles. The van der Waals surface area contributed by atoms with Gasteiger partial charge in [0, 0.05) is 17.3 Å². The van der Waals surface area contributed by atoms with Crippen molar-refractivity contribution in [1.82, 2.24) is 0 Å². The second kappa shape index (κ2) is 7.05. The molecule has 1 fully saturated rings. The zero-order chi connectivity index (χ0) is 17.2. The number of halogens is 2. The summed E-state index contributed by atoms with van der Waals surface area (Å²) in [5.74, 6) is -0.263. The first-order valence-corrected chi connectivity index (χ1v) is 8.67. The van der Waals surface area contributed by atoms with Crippen LogP contribution in [-0.4, -0.2) is 31.3 Å².